The first kappa shape index (κ1) is 20.3. The van der Waals surface area contributed by atoms with E-state index in [0.717, 1.165) is 29.7 Å². The second-order valence-corrected chi connectivity index (χ2v) is 6.95. The highest BCUT2D eigenvalue weighted by atomic mass is 19.1. The fourth-order valence-corrected chi connectivity index (χ4v) is 2.81. The smallest absolute Gasteiger partial charge is 0.303 e. The van der Waals surface area contributed by atoms with Crippen LogP contribution in [-0.4, -0.2) is 33.6 Å². The third-order valence-electron chi connectivity index (χ3n) is 4.42. The van der Waals surface area contributed by atoms with Gasteiger partial charge in [-0.05, 0) is 50.8 Å². The van der Waals surface area contributed by atoms with Gasteiger partial charge in [-0.15, -0.1) is 0 Å². The second kappa shape index (κ2) is 11.4. The lowest BCUT2D eigenvalue weighted by Crippen LogP contribution is -2.30. The van der Waals surface area contributed by atoms with E-state index in [1.54, 1.807) is 6.07 Å². The number of aromatic nitrogens is 1. The van der Waals surface area contributed by atoms with Crippen molar-refractivity contribution in [1.82, 2.24) is 9.88 Å². The summed E-state index contributed by atoms with van der Waals surface area (Å²) in [7, 11) is 0. The van der Waals surface area contributed by atoms with Gasteiger partial charge in [-0.2, -0.15) is 4.39 Å². The maximum absolute atomic E-state index is 13.1. The third-order valence-corrected chi connectivity index (χ3v) is 4.42. The van der Waals surface area contributed by atoms with Crippen LogP contribution < -0.4 is 4.74 Å². The Morgan fingerprint density at radius 3 is 2.68 bits per heavy atom. The van der Waals surface area contributed by atoms with Crippen molar-refractivity contribution in [3.8, 4) is 5.75 Å². The van der Waals surface area contributed by atoms with Crippen molar-refractivity contribution in [3.05, 3.63) is 59.7 Å². The zero-order valence-corrected chi connectivity index (χ0v) is 16.5. The number of halogens is 1. The molecule has 1 N–H and O–H groups in total. The molecule has 6 heteroatoms. The maximum Gasteiger partial charge on any atom is 0.303 e. The molecule has 152 valence electrons. The Labute approximate surface area is 167 Å². The van der Waals surface area contributed by atoms with E-state index < -0.39 is 17.9 Å². The van der Waals surface area contributed by atoms with Gasteiger partial charge in [-0.25, -0.2) is 4.98 Å². The fraction of sp³-hybridized carbons (Fsp3) is 0.455. The lowest BCUT2D eigenvalue weighted by Gasteiger charge is -2.27. The summed E-state index contributed by atoms with van der Waals surface area (Å²) in [4.78, 5) is 16.2. The minimum absolute atomic E-state index is 0.183. The van der Waals surface area contributed by atoms with E-state index >= 15 is 0 Å². The van der Waals surface area contributed by atoms with E-state index in [-0.39, 0.29) is 6.42 Å². The van der Waals surface area contributed by atoms with Gasteiger partial charge < -0.3 is 9.84 Å². The number of aliphatic carboxylic acids is 1. The molecule has 0 aliphatic rings. The van der Waals surface area contributed by atoms with Gasteiger partial charge in [-0.3, -0.25) is 9.69 Å². The molecule has 2 aromatic rings. The molecule has 5 nitrogen and oxygen atoms in total. The summed E-state index contributed by atoms with van der Waals surface area (Å²) < 4.78 is 27.5. The van der Waals surface area contributed by atoms with E-state index in [1.807, 2.05) is 43.0 Å². The van der Waals surface area contributed by atoms with Crippen molar-refractivity contribution in [2.45, 2.75) is 58.6 Å². The number of hydrogen-bond donors (Lipinski definition) is 1. The minimum atomic E-state index is -0.849. The quantitative estimate of drug-likeness (QED) is 0.423. The van der Waals surface area contributed by atoms with Crippen LogP contribution >= 0.6 is 0 Å². The molecule has 0 unspecified atom stereocenters. The molecular weight excluding hydrogens is 359 g/mol. The molecule has 0 saturated heterocycles. The van der Waals surface area contributed by atoms with Gasteiger partial charge >= 0.3 is 5.97 Å². The van der Waals surface area contributed by atoms with E-state index in [4.69, 9.17) is 11.2 Å². The summed E-state index contributed by atoms with van der Waals surface area (Å²) in [5.41, 5.74) is 1.80. The average molecular weight is 389 g/mol. The SMILES string of the molecule is [2H]C(C)(C)N(Cc1ccc(F)nc1)Cc1ccccc1OCCCCCC(=O)O. The van der Waals surface area contributed by atoms with E-state index in [9.17, 15) is 9.18 Å². The molecule has 1 aromatic heterocycles. The van der Waals surface area contributed by atoms with Crippen molar-refractivity contribution >= 4 is 5.97 Å². The van der Waals surface area contributed by atoms with Crippen LogP contribution in [0.5, 0.6) is 5.75 Å². The van der Waals surface area contributed by atoms with Gasteiger partial charge in [0.15, 0.2) is 0 Å². The van der Waals surface area contributed by atoms with E-state index in [0.29, 0.717) is 26.1 Å². The molecule has 1 heterocycles. The van der Waals surface area contributed by atoms with Crippen LogP contribution in [0.4, 0.5) is 4.39 Å². The molecule has 0 radical (unpaired) electrons. The van der Waals surface area contributed by atoms with Crippen LogP contribution in [0.3, 0.4) is 0 Å². The van der Waals surface area contributed by atoms with Crippen molar-refractivity contribution < 1.29 is 20.4 Å². The maximum atomic E-state index is 13.1. The predicted molar refractivity (Wildman–Crippen MR) is 107 cm³/mol. The summed E-state index contributed by atoms with van der Waals surface area (Å²) in [5, 5.41) is 8.68. The van der Waals surface area contributed by atoms with Gasteiger partial charge in [0.1, 0.15) is 5.75 Å². The minimum Gasteiger partial charge on any atom is -0.493 e. The Morgan fingerprint density at radius 2 is 2.00 bits per heavy atom. The lowest BCUT2D eigenvalue weighted by atomic mass is 10.1. The van der Waals surface area contributed by atoms with Crippen LogP contribution in [0.1, 0.15) is 52.0 Å². The van der Waals surface area contributed by atoms with Crippen molar-refractivity contribution in [3.63, 3.8) is 0 Å². The highest BCUT2D eigenvalue weighted by Crippen LogP contribution is 2.22. The Hall–Kier alpha value is -2.47. The number of carbonyl (C=O) groups is 1. The fourth-order valence-electron chi connectivity index (χ4n) is 2.81. The summed E-state index contributed by atoms with van der Waals surface area (Å²) >= 11 is 0. The number of carboxylic acids is 1. The summed E-state index contributed by atoms with van der Waals surface area (Å²) in [6, 6.07) is 9.88. The number of para-hydroxylation sites is 1. The molecule has 0 bridgehead atoms. The number of carboxylic acid groups (broad SMARTS) is 1. The van der Waals surface area contributed by atoms with Crippen molar-refractivity contribution in [2.24, 2.45) is 0 Å². The molecule has 0 aliphatic heterocycles. The third kappa shape index (κ3) is 7.64. The van der Waals surface area contributed by atoms with Gasteiger partial charge in [0, 0.05) is 38.7 Å². The van der Waals surface area contributed by atoms with Crippen molar-refractivity contribution in [2.75, 3.05) is 6.61 Å². The molecule has 0 aliphatic carbocycles. The highest BCUT2D eigenvalue weighted by Gasteiger charge is 2.14. The second-order valence-electron chi connectivity index (χ2n) is 6.95. The molecule has 1 aromatic carbocycles. The normalized spacial score (nSPS) is 12.1. The summed E-state index contributed by atoms with van der Waals surface area (Å²) in [6.07, 6.45) is 3.91. The lowest BCUT2D eigenvalue weighted by molar-refractivity contribution is -0.137. The highest BCUT2D eigenvalue weighted by molar-refractivity contribution is 5.66. The number of pyridine rings is 1. The van der Waals surface area contributed by atoms with Gasteiger partial charge in [0.25, 0.3) is 0 Å². The first-order valence-corrected chi connectivity index (χ1v) is 9.53. The molecule has 0 fully saturated rings. The number of unbranched alkanes of at least 4 members (excludes halogenated alkanes) is 2. The van der Waals surface area contributed by atoms with Crippen LogP contribution in [0.2, 0.25) is 0 Å². The Morgan fingerprint density at radius 1 is 1.21 bits per heavy atom. The predicted octanol–water partition coefficient (Wildman–Crippen LogP) is 4.66. The van der Waals surface area contributed by atoms with Crippen molar-refractivity contribution in [1.29, 1.82) is 0 Å². The first-order chi connectivity index (χ1) is 13.8. The van der Waals surface area contributed by atoms with Crippen LogP contribution in [0.15, 0.2) is 42.6 Å². The average Bonchev–Trinajstić information content (AvgIpc) is 2.66. The largest absolute Gasteiger partial charge is 0.493 e. The van der Waals surface area contributed by atoms with Crippen LogP contribution in [0, 0.1) is 5.95 Å². The molecule has 28 heavy (non-hydrogen) atoms. The molecule has 0 atom stereocenters. The molecule has 0 amide bonds. The summed E-state index contributed by atoms with van der Waals surface area (Å²) in [5.74, 6) is -0.532. The van der Waals surface area contributed by atoms with E-state index in [1.165, 1.54) is 12.3 Å². The van der Waals surface area contributed by atoms with E-state index in [2.05, 4.69) is 4.98 Å². The first-order valence-electron chi connectivity index (χ1n) is 10.0. The van der Waals surface area contributed by atoms with Crippen LogP contribution in [-0.2, 0) is 17.9 Å². The summed E-state index contributed by atoms with van der Waals surface area (Å²) in [6.45, 7) is 5.12. The number of nitrogens with zero attached hydrogens (tertiary/aromatic N) is 2. The van der Waals surface area contributed by atoms with Gasteiger partial charge in [-0.1, -0.05) is 24.3 Å². The molecule has 0 spiro atoms. The topological polar surface area (TPSA) is 62.7 Å². The number of benzene rings is 1. The zero-order valence-electron chi connectivity index (χ0n) is 17.5. The Kier molecular flexibility index (Phi) is 8.25. The monoisotopic (exact) mass is 389 g/mol. The van der Waals surface area contributed by atoms with Gasteiger partial charge in [0.05, 0.1) is 6.61 Å². The molecular formula is C22H29FN2O3. The Balaban J connectivity index is 1.99. The standard InChI is InChI=1S/C22H29FN2O3/c1-17(2)25(15-18-11-12-21(23)24-14-18)16-19-8-5-6-9-20(19)28-13-7-3-4-10-22(26)27/h5-6,8-9,11-12,14,17H,3-4,7,10,13,15-16H2,1-2H3,(H,26,27)/i17D. The zero-order chi connectivity index (χ0) is 21.3. The number of hydrogen-bond acceptors (Lipinski definition) is 4. The number of ether oxygens (including phenoxy) is 1. The molecule has 2 rings (SSSR count). The Bertz CT molecular complexity index is 778. The van der Waals surface area contributed by atoms with Gasteiger partial charge in [0.2, 0.25) is 5.95 Å². The molecule has 0 saturated carbocycles. The van der Waals surface area contributed by atoms with Crippen LogP contribution in [0.25, 0.3) is 0 Å². The number of rotatable bonds is 12.